The fourth-order valence-corrected chi connectivity index (χ4v) is 12.0. The molecule has 4 aliphatic rings. The van der Waals surface area contributed by atoms with Crippen molar-refractivity contribution >= 4 is 14.2 Å². The zero-order valence-electron chi connectivity index (χ0n) is 30.9. The van der Waals surface area contributed by atoms with Gasteiger partial charge in [0.25, 0.3) is 0 Å². The fraction of sp³-hybridized carbons (Fsp3) is 0.973. The average molecular weight is 684 g/mol. The number of aliphatic hydroxyl groups excluding tert-OH is 5. The van der Waals surface area contributed by atoms with E-state index in [0.717, 1.165) is 19.3 Å². The number of nitrogens with one attached hydrogen (secondary N) is 1. The second-order valence-corrected chi connectivity index (χ2v) is 22.9. The molecule has 9 nitrogen and oxygen atoms in total. The van der Waals surface area contributed by atoms with Gasteiger partial charge in [-0.05, 0) is 122 Å². The average Bonchev–Trinajstić information content (AvgIpc) is 3.37. The number of carbonyl (C=O) groups is 1. The van der Waals surface area contributed by atoms with E-state index in [1.165, 1.54) is 38.5 Å². The van der Waals surface area contributed by atoms with Crippen molar-refractivity contribution < 1.29 is 39.5 Å². The van der Waals surface area contributed by atoms with Gasteiger partial charge in [0.2, 0.25) is 5.91 Å². The Bertz CT molecular complexity index is 1050. The van der Waals surface area contributed by atoms with Gasteiger partial charge in [0.1, 0.15) is 18.3 Å². The summed E-state index contributed by atoms with van der Waals surface area (Å²) >= 11 is 0. The van der Waals surface area contributed by atoms with Crippen molar-refractivity contribution in [2.75, 3.05) is 20.3 Å². The number of ether oxygens (including phenoxy) is 1. The molecule has 1 unspecified atom stereocenters. The Morgan fingerprint density at radius 2 is 1.55 bits per heavy atom. The molecule has 4 aliphatic carbocycles. The lowest BCUT2D eigenvalue weighted by Gasteiger charge is -2.63. The molecule has 0 spiro atoms. The molecule has 14 atom stereocenters. The first-order valence-corrected chi connectivity index (χ1v) is 21.5. The Hall–Kier alpha value is -0.593. The summed E-state index contributed by atoms with van der Waals surface area (Å²) in [5.74, 6) is 3.23. The summed E-state index contributed by atoms with van der Waals surface area (Å²) in [5, 5.41) is 51.4. The number of fused-ring (bicyclic) bond motifs is 5. The smallest absolute Gasteiger partial charge is 0.220 e. The number of methoxy groups -OCH3 is 1. The van der Waals surface area contributed by atoms with Crippen molar-refractivity contribution in [3.63, 3.8) is 0 Å². The molecule has 1 amide bonds. The van der Waals surface area contributed by atoms with Gasteiger partial charge in [-0.15, -0.1) is 0 Å². The van der Waals surface area contributed by atoms with Gasteiger partial charge in [0.05, 0.1) is 18.8 Å². The van der Waals surface area contributed by atoms with E-state index in [1.54, 1.807) is 0 Å². The standard InChI is InChI=1S/C37H69NO8Si/c1-22(10-13-31(42)38-20-28(40)33(43)34(44)29(41)21-39)25-11-12-26-32-27(15-17-37(25,26)6)36(5)16-14-24(18-23(36)19-30(32)45-7)46-47(8,9)35(2,3)4/h22-30,32-34,39-41,43-44H,10-21H2,1-9H3,(H,38,42)/t22-,23+,24?,25-,26+,27+,28+,29-,30-,32+,33-,34-,36+,37-/m1/s1. The van der Waals surface area contributed by atoms with Crippen LogP contribution in [0.4, 0.5) is 0 Å². The van der Waals surface area contributed by atoms with Crippen LogP contribution in [0.3, 0.4) is 0 Å². The molecule has 0 radical (unpaired) electrons. The monoisotopic (exact) mass is 683 g/mol. The summed E-state index contributed by atoms with van der Waals surface area (Å²) < 4.78 is 13.4. The molecule has 0 bridgehead atoms. The van der Waals surface area contributed by atoms with Crippen molar-refractivity contribution in [3.05, 3.63) is 0 Å². The van der Waals surface area contributed by atoms with Crippen molar-refractivity contribution in [3.8, 4) is 0 Å². The van der Waals surface area contributed by atoms with Gasteiger partial charge in [0.15, 0.2) is 8.32 Å². The summed E-state index contributed by atoms with van der Waals surface area (Å²) in [6.07, 6.45) is 4.93. The van der Waals surface area contributed by atoms with Crippen molar-refractivity contribution in [1.82, 2.24) is 5.32 Å². The van der Waals surface area contributed by atoms with Gasteiger partial charge in [0, 0.05) is 26.2 Å². The van der Waals surface area contributed by atoms with Gasteiger partial charge in [-0.25, -0.2) is 0 Å². The third-order valence-corrected chi connectivity index (χ3v) is 19.1. The van der Waals surface area contributed by atoms with Crippen LogP contribution in [0.5, 0.6) is 0 Å². The summed E-state index contributed by atoms with van der Waals surface area (Å²) in [7, 11) is 0.113. The Morgan fingerprint density at radius 1 is 0.936 bits per heavy atom. The topological polar surface area (TPSA) is 149 Å². The maximum absolute atomic E-state index is 12.7. The summed E-state index contributed by atoms with van der Waals surface area (Å²) in [6.45, 7) is 18.2. The van der Waals surface area contributed by atoms with Gasteiger partial charge in [-0.2, -0.15) is 0 Å². The molecular formula is C37H69NO8Si. The van der Waals surface area contributed by atoms with Crippen LogP contribution < -0.4 is 5.32 Å². The molecule has 0 heterocycles. The molecule has 0 aromatic heterocycles. The Kier molecular flexibility index (Phi) is 12.5. The molecular weight excluding hydrogens is 614 g/mol. The zero-order valence-corrected chi connectivity index (χ0v) is 31.9. The number of hydrogen-bond donors (Lipinski definition) is 6. The first-order valence-electron chi connectivity index (χ1n) is 18.6. The lowest BCUT2D eigenvalue weighted by Crippen LogP contribution is -2.59. The van der Waals surface area contributed by atoms with E-state index in [9.17, 15) is 25.2 Å². The van der Waals surface area contributed by atoms with Crippen LogP contribution >= 0.6 is 0 Å². The molecule has 0 aliphatic heterocycles. The Labute approximate surface area is 285 Å². The van der Waals surface area contributed by atoms with Crippen molar-refractivity contribution in [2.24, 2.45) is 46.3 Å². The minimum absolute atomic E-state index is 0.206. The van der Waals surface area contributed by atoms with Gasteiger partial charge in [-0.3, -0.25) is 4.79 Å². The molecule has 274 valence electrons. The van der Waals surface area contributed by atoms with Gasteiger partial charge < -0.3 is 40.0 Å². The van der Waals surface area contributed by atoms with Crippen LogP contribution in [0.1, 0.15) is 106 Å². The highest BCUT2D eigenvalue weighted by molar-refractivity contribution is 6.74. The number of rotatable bonds is 13. The van der Waals surface area contributed by atoms with Crippen LogP contribution in [0.15, 0.2) is 0 Å². The number of aliphatic hydroxyl groups is 5. The maximum Gasteiger partial charge on any atom is 0.220 e. The normalized spacial score (nSPS) is 39.1. The van der Waals surface area contributed by atoms with Crippen LogP contribution in [-0.2, 0) is 14.0 Å². The molecule has 4 saturated carbocycles. The molecule has 47 heavy (non-hydrogen) atoms. The van der Waals surface area contributed by atoms with E-state index < -0.39 is 39.3 Å². The summed E-state index contributed by atoms with van der Waals surface area (Å²) in [4.78, 5) is 12.7. The lowest BCUT2D eigenvalue weighted by molar-refractivity contribution is -0.181. The van der Waals surface area contributed by atoms with E-state index in [1.807, 2.05) is 7.11 Å². The SMILES string of the molecule is CO[C@@H]1C[C@@H]2CC(O[Si](C)(C)C(C)(C)C)CC[C@]2(C)[C@H]2CC[C@]3(C)[C@@H]([C@H](C)CCC(=O)NC[C@H](O)[C@@H](O)[C@H](O)[C@H](O)CO)CC[C@H]3[C@H]12. The molecule has 0 aromatic carbocycles. The molecule has 4 fully saturated rings. The minimum atomic E-state index is -1.82. The molecule has 6 N–H and O–H groups in total. The van der Waals surface area contributed by atoms with Gasteiger partial charge >= 0.3 is 0 Å². The number of amides is 1. The first-order chi connectivity index (χ1) is 21.8. The summed E-state index contributed by atoms with van der Waals surface area (Å²) in [5.41, 5.74) is 0.560. The van der Waals surface area contributed by atoms with Crippen LogP contribution in [-0.4, -0.2) is 96.6 Å². The quantitative estimate of drug-likeness (QED) is 0.154. The van der Waals surface area contributed by atoms with Crippen LogP contribution in [0, 0.1) is 46.3 Å². The molecule has 4 rings (SSSR count). The van der Waals surface area contributed by atoms with E-state index in [4.69, 9.17) is 14.3 Å². The Morgan fingerprint density at radius 3 is 2.17 bits per heavy atom. The van der Waals surface area contributed by atoms with Crippen molar-refractivity contribution in [1.29, 1.82) is 0 Å². The maximum atomic E-state index is 12.7. The highest BCUT2D eigenvalue weighted by atomic mass is 28.4. The molecule has 0 saturated heterocycles. The third kappa shape index (κ3) is 7.85. The zero-order chi connectivity index (χ0) is 35.1. The highest BCUT2D eigenvalue weighted by Crippen LogP contribution is 2.69. The predicted octanol–water partition coefficient (Wildman–Crippen LogP) is 4.63. The van der Waals surface area contributed by atoms with Crippen LogP contribution in [0.2, 0.25) is 18.1 Å². The lowest BCUT2D eigenvalue weighted by atomic mass is 9.43. The van der Waals surface area contributed by atoms with E-state index in [2.05, 4.69) is 60.0 Å². The first kappa shape index (κ1) is 39.2. The van der Waals surface area contributed by atoms with E-state index >= 15 is 0 Å². The predicted molar refractivity (Wildman–Crippen MR) is 186 cm³/mol. The summed E-state index contributed by atoms with van der Waals surface area (Å²) in [6, 6.07) is 0. The molecule has 0 aromatic rings. The number of hydrogen-bond acceptors (Lipinski definition) is 8. The van der Waals surface area contributed by atoms with Gasteiger partial charge in [-0.1, -0.05) is 41.5 Å². The number of carbonyl (C=O) groups excluding carboxylic acids is 1. The fourth-order valence-electron chi connectivity index (χ4n) is 10.6. The second-order valence-electron chi connectivity index (χ2n) is 18.1. The Balaban J connectivity index is 1.36. The third-order valence-electron chi connectivity index (χ3n) is 14.6. The second kappa shape index (κ2) is 14.9. The largest absolute Gasteiger partial charge is 0.414 e. The van der Waals surface area contributed by atoms with Crippen LogP contribution in [0.25, 0.3) is 0 Å². The van der Waals surface area contributed by atoms with Crippen molar-refractivity contribution in [2.45, 2.75) is 161 Å². The molecule has 10 heteroatoms. The van der Waals surface area contributed by atoms with E-state index in [-0.39, 0.29) is 29.0 Å². The minimum Gasteiger partial charge on any atom is -0.414 e. The van der Waals surface area contributed by atoms with E-state index in [0.29, 0.717) is 53.4 Å². The highest BCUT2D eigenvalue weighted by Gasteiger charge is 2.63.